The molecule has 3 heterocycles. The van der Waals surface area contributed by atoms with E-state index in [4.69, 9.17) is 5.26 Å². The van der Waals surface area contributed by atoms with Crippen molar-refractivity contribution in [2.24, 2.45) is 5.41 Å². The number of rotatable bonds is 5. The van der Waals surface area contributed by atoms with Gasteiger partial charge in [0, 0.05) is 57.1 Å². The summed E-state index contributed by atoms with van der Waals surface area (Å²) in [5.74, 6) is 1.03. The Morgan fingerprint density at radius 3 is 2.43 bits per heavy atom. The molecule has 0 amide bonds. The Hall–Kier alpha value is -1.75. The molecule has 0 atom stereocenters. The van der Waals surface area contributed by atoms with Gasteiger partial charge in [0.2, 0.25) is 5.82 Å². The number of aromatic nitrogens is 2. The van der Waals surface area contributed by atoms with Crippen LogP contribution in [0, 0.1) is 16.7 Å². The third-order valence-electron chi connectivity index (χ3n) is 5.76. The van der Waals surface area contributed by atoms with Gasteiger partial charge >= 0.3 is 0 Å². The van der Waals surface area contributed by atoms with Crippen molar-refractivity contribution in [1.29, 1.82) is 5.26 Å². The molecule has 0 spiro atoms. The standard InChI is InChI=1S/C21H35N7/c1-21(2,3)16-24-20-17(14-23-19(13-22)25-20)15-27-9-11-28(12-10-27)18-5-7-26(4)8-6-18/h14,18H,5-12,15-16H2,1-4H3,(H,23,24,25). The molecule has 1 aromatic rings. The first-order valence-corrected chi connectivity index (χ1v) is 10.5. The van der Waals surface area contributed by atoms with Crippen LogP contribution in [-0.4, -0.2) is 83.6 Å². The number of piperazine rings is 1. The molecule has 7 heteroatoms. The van der Waals surface area contributed by atoms with Crippen LogP contribution in [0.5, 0.6) is 0 Å². The molecule has 7 nitrogen and oxygen atoms in total. The molecule has 2 aliphatic heterocycles. The summed E-state index contributed by atoms with van der Waals surface area (Å²) in [6.45, 7) is 15.1. The highest BCUT2D eigenvalue weighted by atomic mass is 15.3. The third kappa shape index (κ3) is 5.87. The number of hydrogen-bond acceptors (Lipinski definition) is 7. The molecule has 0 bridgehead atoms. The van der Waals surface area contributed by atoms with Gasteiger partial charge < -0.3 is 10.2 Å². The highest BCUT2D eigenvalue weighted by Crippen LogP contribution is 2.21. The summed E-state index contributed by atoms with van der Waals surface area (Å²) in [4.78, 5) is 16.2. The molecule has 2 saturated heterocycles. The molecule has 1 N–H and O–H groups in total. The van der Waals surface area contributed by atoms with E-state index in [9.17, 15) is 0 Å². The van der Waals surface area contributed by atoms with Crippen molar-refractivity contribution < 1.29 is 0 Å². The van der Waals surface area contributed by atoms with Gasteiger partial charge in [-0.2, -0.15) is 5.26 Å². The fourth-order valence-electron chi connectivity index (χ4n) is 3.97. The van der Waals surface area contributed by atoms with E-state index in [-0.39, 0.29) is 11.2 Å². The van der Waals surface area contributed by atoms with Gasteiger partial charge in [-0.3, -0.25) is 9.80 Å². The van der Waals surface area contributed by atoms with Gasteiger partial charge in [0.25, 0.3) is 0 Å². The zero-order valence-corrected chi connectivity index (χ0v) is 17.9. The van der Waals surface area contributed by atoms with E-state index >= 15 is 0 Å². The van der Waals surface area contributed by atoms with Crippen molar-refractivity contribution in [1.82, 2.24) is 24.7 Å². The minimum absolute atomic E-state index is 0.148. The maximum Gasteiger partial charge on any atom is 0.234 e. The lowest BCUT2D eigenvalue weighted by atomic mass is 9.97. The van der Waals surface area contributed by atoms with Gasteiger partial charge in [0.15, 0.2) is 0 Å². The van der Waals surface area contributed by atoms with Crippen LogP contribution in [0.15, 0.2) is 6.20 Å². The predicted molar refractivity (Wildman–Crippen MR) is 112 cm³/mol. The molecule has 0 aliphatic carbocycles. The summed E-state index contributed by atoms with van der Waals surface area (Å²) >= 11 is 0. The smallest absolute Gasteiger partial charge is 0.234 e. The third-order valence-corrected chi connectivity index (χ3v) is 5.76. The average molecular weight is 386 g/mol. The topological polar surface area (TPSA) is 71.3 Å². The number of likely N-dealkylation sites (tertiary alicyclic amines) is 1. The Kier molecular flexibility index (Phi) is 6.86. The first kappa shape index (κ1) is 21.0. The second-order valence-corrected chi connectivity index (χ2v) is 9.44. The van der Waals surface area contributed by atoms with Crippen LogP contribution >= 0.6 is 0 Å². The molecule has 2 aliphatic rings. The lowest BCUT2D eigenvalue weighted by Gasteiger charge is -2.42. The average Bonchev–Trinajstić information content (AvgIpc) is 2.68. The normalized spacial score (nSPS) is 20.8. The zero-order chi connectivity index (χ0) is 20.1. The molecule has 0 radical (unpaired) electrons. The molecule has 28 heavy (non-hydrogen) atoms. The largest absolute Gasteiger partial charge is 0.369 e. The van der Waals surface area contributed by atoms with Crippen molar-refractivity contribution in [3.8, 4) is 6.07 Å². The second kappa shape index (κ2) is 9.17. The van der Waals surface area contributed by atoms with Gasteiger partial charge in [-0.05, 0) is 38.4 Å². The molecule has 2 fully saturated rings. The maximum absolute atomic E-state index is 9.15. The van der Waals surface area contributed by atoms with Gasteiger partial charge in [0.05, 0.1) is 0 Å². The molecule has 1 aromatic heterocycles. The first-order valence-electron chi connectivity index (χ1n) is 10.5. The summed E-state index contributed by atoms with van der Waals surface area (Å²) in [7, 11) is 2.22. The van der Waals surface area contributed by atoms with Gasteiger partial charge in [-0.1, -0.05) is 20.8 Å². The van der Waals surface area contributed by atoms with E-state index < -0.39 is 0 Å². The van der Waals surface area contributed by atoms with Crippen LogP contribution in [0.2, 0.25) is 0 Å². The van der Waals surface area contributed by atoms with Gasteiger partial charge in [-0.15, -0.1) is 0 Å². The lowest BCUT2D eigenvalue weighted by molar-refractivity contribution is 0.0618. The Morgan fingerprint density at radius 1 is 1.14 bits per heavy atom. The number of nitrogens with one attached hydrogen (secondary N) is 1. The van der Waals surface area contributed by atoms with Crippen molar-refractivity contribution in [2.75, 3.05) is 58.2 Å². The Morgan fingerprint density at radius 2 is 1.82 bits per heavy atom. The summed E-state index contributed by atoms with van der Waals surface area (Å²) in [5.41, 5.74) is 1.23. The first-order chi connectivity index (χ1) is 13.3. The summed E-state index contributed by atoms with van der Waals surface area (Å²) in [6.07, 6.45) is 4.40. The van der Waals surface area contributed by atoms with Crippen LogP contribution < -0.4 is 5.32 Å². The van der Waals surface area contributed by atoms with E-state index in [0.717, 1.165) is 56.7 Å². The van der Waals surface area contributed by atoms with Crippen molar-refractivity contribution in [3.05, 3.63) is 17.6 Å². The van der Waals surface area contributed by atoms with Crippen molar-refractivity contribution in [2.45, 2.75) is 46.2 Å². The van der Waals surface area contributed by atoms with Crippen LogP contribution in [-0.2, 0) is 6.54 Å². The number of anilines is 1. The van der Waals surface area contributed by atoms with Crippen molar-refractivity contribution >= 4 is 5.82 Å². The highest BCUT2D eigenvalue weighted by molar-refractivity contribution is 5.44. The Balaban J connectivity index is 1.57. The summed E-state index contributed by atoms with van der Waals surface area (Å²) < 4.78 is 0. The molecule has 0 saturated carbocycles. The SMILES string of the molecule is CN1CCC(N2CCN(Cc3cnc(C#N)nc3NCC(C)(C)C)CC2)CC1. The van der Waals surface area contributed by atoms with Crippen molar-refractivity contribution in [3.63, 3.8) is 0 Å². The molecule has 0 unspecified atom stereocenters. The maximum atomic E-state index is 9.15. The van der Waals surface area contributed by atoms with Crippen LogP contribution in [0.4, 0.5) is 5.82 Å². The van der Waals surface area contributed by atoms with E-state index in [2.05, 4.69) is 63.9 Å². The lowest BCUT2D eigenvalue weighted by Crippen LogP contribution is -2.52. The minimum Gasteiger partial charge on any atom is -0.369 e. The quantitative estimate of drug-likeness (QED) is 0.831. The number of hydrogen-bond donors (Lipinski definition) is 1. The summed E-state index contributed by atoms with van der Waals surface area (Å²) in [6, 6.07) is 2.81. The Bertz CT molecular complexity index is 675. The Labute approximate surface area is 169 Å². The predicted octanol–water partition coefficient (Wildman–Crippen LogP) is 2.02. The van der Waals surface area contributed by atoms with E-state index in [1.807, 2.05) is 6.20 Å². The second-order valence-electron chi connectivity index (χ2n) is 9.44. The van der Waals surface area contributed by atoms with Crippen LogP contribution in [0.1, 0.15) is 45.0 Å². The number of nitrogens with zero attached hydrogens (tertiary/aromatic N) is 6. The van der Waals surface area contributed by atoms with Crippen LogP contribution in [0.25, 0.3) is 0 Å². The van der Waals surface area contributed by atoms with Crippen LogP contribution in [0.3, 0.4) is 0 Å². The molecule has 3 rings (SSSR count). The van der Waals surface area contributed by atoms with Gasteiger partial charge in [0.1, 0.15) is 11.9 Å². The van der Waals surface area contributed by atoms with E-state index in [1.165, 1.54) is 25.9 Å². The monoisotopic (exact) mass is 385 g/mol. The minimum atomic E-state index is 0.148. The fraction of sp³-hybridized carbons (Fsp3) is 0.762. The van der Waals surface area contributed by atoms with Gasteiger partial charge in [-0.25, -0.2) is 9.97 Å². The molecule has 154 valence electrons. The zero-order valence-electron chi connectivity index (χ0n) is 17.9. The summed E-state index contributed by atoms with van der Waals surface area (Å²) in [5, 5.41) is 12.6. The highest BCUT2D eigenvalue weighted by Gasteiger charge is 2.27. The van der Waals surface area contributed by atoms with E-state index in [1.54, 1.807) is 0 Å². The fourth-order valence-corrected chi connectivity index (χ4v) is 3.97. The van der Waals surface area contributed by atoms with E-state index in [0.29, 0.717) is 0 Å². The number of piperidine rings is 1. The molecule has 0 aromatic carbocycles. The molecular formula is C21H35N7. The number of nitriles is 1. The molecular weight excluding hydrogens is 350 g/mol.